The van der Waals surface area contributed by atoms with E-state index in [1.165, 1.54) is 6.92 Å². The van der Waals surface area contributed by atoms with Crippen molar-refractivity contribution in [3.05, 3.63) is 53.4 Å². The normalized spacial score (nSPS) is 21.9. The van der Waals surface area contributed by atoms with Crippen LogP contribution < -0.4 is 10.1 Å². The number of esters is 2. The van der Waals surface area contributed by atoms with Gasteiger partial charge < -0.3 is 14.8 Å². The standard InChI is InChI=1S/C22H25NO5/c1-12(2)27-22(26)19-13(3)23-17-6-5-7-18(25)21(17)20(19)15-8-10-16(11-9-15)28-14(4)24/h8-12,19-20,23H,3,5-7H2,1-2,4H3. The summed E-state index contributed by atoms with van der Waals surface area (Å²) >= 11 is 0. The minimum Gasteiger partial charge on any atom is -0.462 e. The molecule has 3 rings (SSSR count). The van der Waals surface area contributed by atoms with Crippen molar-refractivity contribution in [2.75, 3.05) is 0 Å². The van der Waals surface area contributed by atoms with E-state index in [-0.39, 0.29) is 11.9 Å². The third-order valence-electron chi connectivity index (χ3n) is 4.89. The van der Waals surface area contributed by atoms with E-state index in [4.69, 9.17) is 9.47 Å². The molecule has 0 amide bonds. The molecule has 1 N–H and O–H groups in total. The minimum atomic E-state index is -0.706. The van der Waals surface area contributed by atoms with Gasteiger partial charge in [-0.15, -0.1) is 0 Å². The first-order valence-electron chi connectivity index (χ1n) is 9.49. The van der Waals surface area contributed by atoms with Gasteiger partial charge in [0.25, 0.3) is 0 Å². The summed E-state index contributed by atoms with van der Waals surface area (Å²) in [5.74, 6) is -1.55. The Balaban J connectivity index is 2.06. The molecule has 2 aliphatic rings. The molecule has 0 radical (unpaired) electrons. The fraction of sp³-hybridized carbons (Fsp3) is 0.409. The van der Waals surface area contributed by atoms with Gasteiger partial charge in [0, 0.05) is 36.2 Å². The summed E-state index contributed by atoms with van der Waals surface area (Å²) in [6.45, 7) is 8.96. The summed E-state index contributed by atoms with van der Waals surface area (Å²) in [6, 6.07) is 6.90. The van der Waals surface area contributed by atoms with Crippen LogP contribution in [0.2, 0.25) is 0 Å². The van der Waals surface area contributed by atoms with E-state index in [9.17, 15) is 14.4 Å². The van der Waals surface area contributed by atoms with Crippen LogP contribution in [0.1, 0.15) is 51.5 Å². The number of ether oxygens (including phenoxy) is 2. The van der Waals surface area contributed by atoms with Gasteiger partial charge in [-0.3, -0.25) is 14.4 Å². The Morgan fingerprint density at radius 2 is 1.86 bits per heavy atom. The van der Waals surface area contributed by atoms with Crippen molar-refractivity contribution in [2.45, 2.75) is 52.1 Å². The quantitative estimate of drug-likeness (QED) is 0.634. The van der Waals surface area contributed by atoms with Crippen LogP contribution in [-0.2, 0) is 19.1 Å². The third kappa shape index (κ3) is 4.01. The van der Waals surface area contributed by atoms with Gasteiger partial charge >= 0.3 is 11.9 Å². The number of hydrogen-bond donors (Lipinski definition) is 1. The fourth-order valence-corrected chi connectivity index (χ4v) is 3.85. The highest BCUT2D eigenvalue weighted by atomic mass is 16.5. The highest BCUT2D eigenvalue weighted by Crippen LogP contribution is 2.44. The van der Waals surface area contributed by atoms with Crippen molar-refractivity contribution in [1.29, 1.82) is 0 Å². The number of benzene rings is 1. The van der Waals surface area contributed by atoms with Gasteiger partial charge in [0.2, 0.25) is 0 Å². The molecule has 0 aromatic heterocycles. The monoisotopic (exact) mass is 383 g/mol. The van der Waals surface area contributed by atoms with Crippen LogP contribution in [0.4, 0.5) is 0 Å². The summed E-state index contributed by atoms with van der Waals surface area (Å²) in [6.07, 6.45) is 1.70. The van der Waals surface area contributed by atoms with Gasteiger partial charge in [-0.2, -0.15) is 0 Å². The molecule has 1 aliphatic carbocycles. The summed E-state index contributed by atoms with van der Waals surface area (Å²) in [4.78, 5) is 36.8. The predicted octanol–water partition coefficient (Wildman–Crippen LogP) is 3.39. The Kier molecular flexibility index (Phi) is 5.68. The van der Waals surface area contributed by atoms with E-state index >= 15 is 0 Å². The van der Waals surface area contributed by atoms with Crippen molar-refractivity contribution < 1.29 is 23.9 Å². The number of carbonyl (C=O) groups excluding carboxylic acids is 3. The maximum Gasteiger partial charge on any atom is 0.316 e. The number of Topliss-reactive ketones (excluding diaryl/α,β-unsaturated/α-hetero) is 1. The molecule has 0 saturated carbocycles. The topological polar surface area (TPSA) is 81.7 Å². The van der Waals surface area contributed by atoms with Crippen LogP contribution >= 0.6 is 0 Å². The van der Waals surface area contributed by atoms with Crippen molar-refractivity contribution in [1.82, 2.24) is 5.32 Å². The molecule has 2 atom stereocenters. The maximum atomic E-state index is 12.9. The predicted molar refractivity (Wildman–Crippen MR) is 103 cm³/mol. The number of ketones is 1. The molecule has 6 nitrogen and oxygen atoms in total. The van der Waals surface area contributed by atoms with Gasteiger partial charge in [0.1, 0.15) is 11.7 Å². The molecule has 1 aromatic carbocycles. The molecule has 1 heterocycles. The lowest BCUT2D eigenvalue weighted by atomic mass is 9.71. The maximum absolute atomic E-state index is 12.9. The van der Waals surface area contributed by atoms with Crippen LogP contribution in [0.25, 0.3) is 0 Å². The summed E-state index contributed by atoms with van der Waals surface area (Å²) in [5.41, 5.74) is 2.79. The van der Waals surface area contributed by atoms with Gasteiger partial charge in [0.05, 0.1) is 6.10 Å². The van der Waals surface area contributed by atoms with Gasteiger partial charge in [0.15, 0.2) is 5.78 Å². The van der Waals surface area contributed by atoms with Gasteiger partial charge in [-0.05, 0) is 44.4 Å². The second kappa shape index (κ2) is 8.00. The van der Waals surface area contributed by atoms with E-state index in [0.29, 0.717) is 23.4 Å². The molecular formula is C22H25NO5. The highest BCUT2D eigenvalue weighted by molar-refractivity contribution is 6.00. The second-order valence-electron chi connectivity index (χ2n) is 7.42. The first kappa shape index (κ1) is 19.9. The van der Waals surface area contributed by atoms with Crippen LogP contribution in [0.5, 0.6) is 5.75 Å². The lowest BCUT2D eigenvalue weighted by Gasteiger charge is -2.38. The Bertz CT molecular complexity index is 850. The van der Waals surface area contributed by atoms with Crippen LogP contribution in [0.15, 0.2) is 47.8 Å². The van der Waals surface area contributed by atoms with E-state index in [0.717, 1.165) is 24.1 Å². The zero-order valence-electron chi connectivity index (χ0n) is 16.4. The molecule has 0 fully saturated rings. The van der Waals surface area contributed by atoms with E-state index < -0.39 is 23.8 Å². The van der Waals surface area contributed by atoms with Crippen LogP contribution in [-0.4, -0.2) is 23.8 Å². The molecule has 2 unspecified atom stereocenters. The van der Waals surface area contributed by atoms with Crippen molar-refractivity contribution in [2.24, 2.45) is 5.92 Å². The van der Waals surface area contributed by atoms with Crippen molar-refractivity contribution >= 4 is 17.7 Å². The Morgan fingerprint density at radius 3 is 2.46 bits per heavy atom. The third-order valence-corrected chi connectivity index (χ3v) is 4.89. The SMILES string of the molecule is C=C1NC2=C(C(=O)CCC2)C(c2ccc(OC(C)=O)cc2)C1C(=O)OC(C)C. The molecule has 0 spiro atoms. The van der Waals surface area contributed by atoms with Gasteiger partial charge in [-0.25, -0.2) is 0 Å². The highest BCUT2D eigenvalue weighted by Gasteiger charge is 2.44. The molecule has 148 valence electrons. The first-order valence-corrected chi connectivity index (χ1v) is 9.49. The smallest absolute Gasteiger partial charge is 0.316 e. The lowest BCUT2D eigenvalue weighted by molar-refractivity contribution is -0.151. The second-order valence-corrected chi connectivity index (χ2v) is 7.42. The number of nitrogens with one attached hydrogen (secondary N) is 1. The number of rotatable bonds is 4. The van der Waals surface area contributed by atoms with E-state index in [2.05, 4.69) is 11.9 Å². The molecule has 0 bridgehead atoms. The zero-order chi connectivity index (χ0) is 20.4. The number of carbonyl (C=O) groups is 3. The fourth-order valence-electron chi connectivity index (χ4n) is 3.85. The number of hydrogen-bond acceptors (Lipinski definition) is 6. The molecule has 0 saturated heterocycles. The molecule has 6 heteroatoms. The molecule has 28 heavy (non-hydrogen) atoms. The van der Waals surface area contributed by atoms with Crippen LogP contribution in [0, 0.1) is 5.92 Å². The van der Waals surface area contributed by atoms with Crippen molar-refractivity contribution in [3.63, 3.8) is 0 Å². The molecular weight excluding hydrogens is 358 g/mol. The average molecular weight is 383 g/mol. The Hall–Kier alpha value is -2.89. The summed E-state index contributed by atoms with van der Waals surface area (Å²) in [5, 5.41) is 3.18. The van der Waals surface area contributed by atoms with E-state index in [1.54, 1.807) is 38.1 Å². The average Bonchev–Trinajstić information content (AvgIpc) is 2.60. The number of allylic oxidation sites excluding steroid dienone is 2. The molecule has 1 aromatic rings. The van der Waals surface area contributed by atoms with Crippen LogP contribution in [0.3, 0.4) is 0 Å². The molecule has 1 aliphatic heterocycles. The first-order chi connectivity index (χ1) is 13.3. The minimum absolute atomic E-state index is 0.0395. The van der Waals surface area contributed by atoms with E-state index in [1.807, 2.05) is 0 Å². The largest absolute Gasteiger partial charge is 0.462 e. The van der Waals surface area contributed by atoms with Crippen molar-refractivity contribution in [3.8, 4) is 5.75 Å². The summed E-state index contributed by atoms with van der Waals surface area (Å²) in [7, 11) is 0. The Labute approximate surface area is 164 Å². The summed E-state index contributed by atoms with van der Waals surface area (Å²) < 4.78 is 10.6. The zero-order valence-corrected chi connectivity index (χ0v) is 16.4. The Morgan fingerprint density at radius 1 is 1.18 bits per heavy atom. The lowest BCUT2D eigenvalue weighted by Crippen LogP contribution is -2.41. The van der Waals surface area contributed by atoms with Gasteiger partial charge in [-0.1, -0.05) is 18.7 Å².